The van der Waals surface area contributed by atoms with Crippen molar-refractivity contribution in [2.45, 2.75) is 32.8 Å². The van der Waals surface area contributed by atoms with E-state index in [2.05, 4.69) is 6.92 Å². The van der Waals surface area contributed by atoms with Gasteiger partial charge in [-0.25, -0.2) is 4.79 Å². The van der Waals surface area contributed by atoms with Crippen molar-refractivity contribution in [3.63, 3.8) is 0 Å². The van der Waals surface area contributed by atoms with Crippen LogP contribution in [0.15, 0.2) is 24.3 Å². The molecule has 1 aromatic carbocycles. The molecule has 2 fully saturated rings. The fraction of sp³-hybridized carbons (Fsp3) is 0.611. The number of carbonyl (C=O) groups excluding carboxylic acids is 1. The molecule has 0 bridgehead atoms. The van der Waals surface area contributed by atoms with Gasteiger partial charge < -0.3 is 14.4 Å². The van der Waals surface area contributed by atoms with Crippen LogP contribution in [0.1, 0.15) is 25.3 Å². The van der Waals surface area contributed by atoms with Gasteiger partial charge in [0.15, 0.2) is 12.8 Å². The lowest BCUT2D eigenvalue weighted by Gasteiger charge is -2.29. The zero-order valence-corrected chi connectivity index (χ0v) is 14.1. The van der Waals surface area contributed by atoms with Crippen molar-refractivity contribution in [2.75, 3.05) is 32.9 Å². The third-order valence-electron chi connectivity index (χ3n) is 4.86. The molecule has 1 aromatic rings. The van der Waals surface area contributed by atoms with E-state index in [1.165, 1.54) is 17.7 Å². The predicted octanol–water partition coefficient (Wildman–Crippen LogP) is 1.47. The van der Waals surface area contributed by atoms with Crippen LogP contribution in [0.4, 0.5) is 4.79 Å². The summed E-state index contributed by atoms with van der Waals surface area (Å²) in [5.41, 5.74) is 1.10. The largest absolute Gasteiger partial charge is 0.489 e. The van der Waals surface area contributed by atoms with Gasteiger partial charge in [0.2, 0.25) is 0 Å². The number of likely N-dealkylation sites (tertiary alicyclic amines) is 1. The Morgan fingerprint density at radius 3 is 2.78 bits per heavy atom. The molecule has 0 aromatic heterocycles. The zero-order chi connectivity index (χ0) is 16.2. The van der Waals surface area contributed by atoms with Crippen molar-refractivity contribution < 1.29 is 19.2 Å². The number of amides is 1. The number of hydrogen-bond acceptors (Lipinski definition) is 3. The number of rotatable bonds is 5. The number of carbonyl (C=O) groups is 1. The summed E-state index contributed by atoms with van der Waals surface area (Å²) in [6, 6.07) is 7.91. The summed E-state index contributed by atoms with van der Waals surface area (Å²) in [5.74, 6) is 1.68. The number of piperidine rings is 1. The summed E-state index contributed by atoms with van der Waals surface area (Å²) in [6.07, 6.45) is 2.12. The first-order valence-electron chi connectivity index (χ1n) is 8.59. The lowest BCUT2D eigenvalue weighted by molar-refractivity contribution is -0.914. The smallest absolute Gasteiger partial charge is 0.414 e. The average Bonchev–Trinajstić information content (AvgIpc) is 2.89. The standard InChI is InChI=1S/C18H26N2O3/c1-14-7-9-19(10-8-14)13-20-11-16(23-18(20)21)12-22-17-6-4-3-5-15(17)2/h3-6,14,16H,7-13H2,1-2H3/p+1/t16-/m0/s1. The first kappa shape index (κ1) is 16.1. The summed E-state index contributed by atoms with van der Waals surface area (Å²) < 4.78 is 11.3. The Kier molecular flexibility index (Phi) is 5.06. The van der Waals surface area contributed by atoms with Gasteiger partial charge in [-0.1, -0.05) is 25.1 Å². The molecule has 1 amide bonds. The van der Waals surface area contributed by atoms with Crippen molar-refractivity contribution in [3.05, 3.63) is 29.8 Å². The Balaban J connectivity index is 1.47. The van der Waals surface area contributed by atoms with Crippen molar-refractivity contribution in [1.82, 2.24) is 4.90 Å². The Morgan fingerprint density at radius 2 is 2.04 bits per heavy atom. The number of para-hydroxylation sites is 1. The second-order valence-electron chi connectivity index (χ2n) is 6.90. The van der Waals surface area contributed by atoms with Crippen LogP contribution in [0, 0.1) is 12.8 Å². The quantitative estimate of drug-likeness (QED) is 0.894. The maximum Gasteiger partial charge on any atom is 0.414 e. The number of quaternary nitrogens is 1. The van der Waals surface area contributed by atoms with Crippen LogP contribution in [0.5, 0.6) is 5.75 Å². The molecule has 2 saturated heterocycles. The summed E-state index contributed by atoms with van der Waals surface area (Å²) in [6.45, 7) is 8.42. The number of cyclic esters (lactones) is 1. The molecule has 2 aliphatic heterocycles. The Morgan fingerprint density at radius 1 is 1.30 bits per heavy atom. The van der Waals surface area contributed by atoms with Crippen LogP contribution in [0.25, 0.3) is 0 Å². The van der Waals surface area contributed by atoms with E-state index in [4.69, 9.17) is 9.47 Å². The summed E-state index contributed by atoms with van der Waals surface area (Å²) in [4.78, 5) is 15.4. The molecule has 2 heterocycles. The third-order valence-corrected chi connectivity index (χ3v) is 4.86. The van der Waals surface area contributed by atoms with Crippen LogP contribution in [-0.2, 0) is 4.74 Å². The van der Waals surface area contributed by atoms with Crippen LogP contribution in [0.3, 0.4) is 0 Å². The molecule has 0 spiro atoms. The second kappa shape index (κ2) is 7.21. The summed E-state index contributed by atoms with van der Waals surface area (Å²) in [7, 11) is 0. The number of hydrogen-bond donors (Lipinski definition) is 1. The lowest BCUT2D eigenvalue weighted by atomic mass is 10.00. The lowest BCUT2D eigenvalue weighted by Crippen LogP contribution is -3.14. The minimum atomic E-state index is -0.200. The SMILES string of the molecule is Cc1ccccc1OC[C@@H]1CN(C[NH+]2CCC(C)CC2)C(=O)O1. The van der Waals surface area contributed by atoms with E-state index in [0.717, 1.165) is 37.0 Å². The molecule has 3 rings (SSSR count). The minimum Gasteiger partial charge on any atom is -0.489 e. The monoisotopic (exact) mass is 319 g/mol. The Hall–Kier alpha value is -1.75. The van der Waals surface area contributed by atoms with Gasteiger partial charge in [0.05, 0.1) is 19.6 Å². The average molecular weight is 319 g/mol. The molecule has 2 aliphatic rings. The molecule has 5 heteroatoms. The van der Waals surface area contributed by atoms with Crippen molar-refractivity contribution in [3.8, 4) is 5.75 Å². The normalized spacial score (nSPS) is 27.8. The van der Waals surface area contributed by atoms with E-state index in [-0.39, 0.29) is 12.2 Å². The van der Waals surface area contributed by atoms with Gasteiger partial charge in [-0.15, -0.1) is 0 Å². The van der Waals surface area contributed by atoms with Gasteiger partial charge >= 0.3 is 6.09 Å². The fourth-order valence-corrected chi connectivity index (χ4v) is 3.29. The molecular formula is C18H27N2O3+. The Labute approximate surface area is 138 Å². The number of nitrogens with one attached hydrogen (secondary N) is 1. The summed E-state index contributed by atoms with van der Waals surface area (Å²) >= 11 is 0. The number of benzene rings is 1. The first-order chi connectivity index (χ1) is 11.1. The first-order valence-corrected chi connectivity index (χ1v) is 8.59. The fourth-order valence-electron chi connectivity index (χ4n) is 3.29. The van der Waals surface area contributed by atoms with Gasteiger partial charge in [-0.05, 0) is 37.3 Å². The van der Waals surface area contributed by atoms with Gasteiger partial charge in [0.25, 0.3) is 0 Å². The minimum absolute atomic E-state index is 0.176. The van der Waals surface area contributed by atoms with Crippen LogP contribution >= 0.6 is 0 Å². The molecule has 0 radical (unpaired) electrons. The van der Waals surface area contributed by atoms with E-state index >= 15 is 0 Å². The van der Waals surface area contributed by atoms with Crippen LogP contribution < -0.4 is 9.64 Å². The van der Waals surface area contributed by atoms with Gasteiger partial charge in [-0.3, -0.25) is 4.90 Å². The van der Waals surface area contributed by atoms with Crippen molar-refractivity contribution in [2.24, 2.45) is 5.92 Å². The maximum absolute atomic E-state index is 12.0. The van der Waals surface area contributed by atoms with Crippen molar-refractivity contribution >= 4 is 6.09 Å². The third kappa shape index (κ3) is 4.16. The van der Waals surface area contributed by atoms with E-state index < -0.39 is 0 Å². The molecule has 1 atom stereocenters. The predicted molar refractivity (Wildman–Crippen MR) is 87.6 cm³/mol. The van der Waals surface area contributed by atoms with E-state index in [1.807, 2.05) is 36.1 Å². The molecule has 126 valence electrons. The number of nitrogens with zero attached hydrogens (tertiary/aromatic N) is 1. The molecule has 23 heavy (non-hydrogen) atoms. The molecule has 1 N–H and O–H groups in total. The van der Waals surface area contributed by atoms with Gasteiger partial charge in [-0.2, -0.15) is 0 Å². The van der Waals surface area contributed by atoms with E-state index in [9.17, 15) is 4.79 Å². The van der Waals surface area contributed by atoms with E-state index in [1.54, 1.807) is 0 Å². The van der Waals surface area contributed by atoms with Gasteiger partial charge in [0.1, 0.15) is 12.4 Å². The highest BCUT2D eigenvalue weighted by Gasteiger charge is 2.34. The van der Waals surface area contributed by atoms with Crippen LogP contribution in [0.2, 0.25) is 0 Å². The topological polar surface area (TPSA) is 43.2 Å². The maximum atomic E-state index is 12.0. The molecule has 5 nitrogen and oxygen atoms in total. The zero-order valence-electron chi connectivity index (χ0n) is 14.1. The molecule has 0 aliphatic carbocycles. The second-order valence-corrected chi connectivity index (χ2v) is 6.90. The highest BCUT2D eigenvalue weighted by molar-refractivity contribution is 5.69. The highest BCUT2D eigenvalue weighted by atomic mass is 16.6. The molecule has 0 saturated carbocycles. The van der Waals surface area contributed by atoms with E-state index in [0.29, 0.717) is 13.2 Å². The highest BCUT2D eigenvalue weighted by Crippen LogP contribution is 2.18. The molecular weight excluding hydrogens is 292 g/mol. The molecule has 0 unspecified atom stereocenters. The Bertz CT molecular complexity index is 541. The number of aryl methyl sites for hydroxylation is 1. The summed E-state index contributed by atoms with van der Waals surface area (Å²) in [5, 5.41) is 0. The van der Waals surface area contributed by atoms with Crippen molar-refractivity contribution in [1.29, 1.82) is 0 Å². The van der Waals surface area contributed by atoms with Gasteiger partial charge in [0, 0.05) is 0 Å². The van der Waals surface area contributed by atoms with Crippen LogP contribution in [-0.4, -0.2) is 50.0 Å². The number of ether oxygens (including phenoxy) is 2.